The number of amidine groups is 1. The van der Waals surface area contributed by atoms with Crippen LogP contribution in [-0.4, -0.2) is 36.2 Å². The van der Waals surface area contributed by atoms with Gasteiger partial charge in [0, 0.05) is 19.5 Å². The van der Waals surface area contributed by atoms with Gasteiger partial charge in [-0.25, -0.2) is 0 Å². The molecule has 3 heteroatoms. The molecule has 1 heterocycles. The minimum Gasteiger partial charge on any atom is -0.361 e. The van der Waals surface area contributed by atoms with Gasteiger partial charge in [0.15, 0.2) is 0 Å². The summed E-state index contributed by atoms with van der Waals surface area (Å²) >= 11 is 4.83. The largest absolute Gasteiger partial charge is 0.361 e. The van der Waals surface area contributed by atoms with Crippen LogP contribution in [0, 0.1) is 5.92 Å². The number of nitrogens with zero attached hydrogens (tertiary/aromatic N) is 2. The van der Waals surface area contributed by atoms with E-state index in [2.05, 4.69) is 23.9 Å². The van der Waals surface area contributed by atoms with Crippen molar-refractivity contribution >= 4 is 23.4 Å². The molecule has 2 nitrogen and oxygen atoms in total. The van der Waals surface area contributed by atoms with E-state index < -0.39 is 0 Å². The van der Waals surface area contributed by atoms with Gasteiger partial charge in [0.05, 0.1) is 6.54 Å². The summed E-state index contributed by atoms with van der Waals surface area (Å²) in [5.41, 5.74) is 0. The second-order valence-corrected chi connectivity index (χ2v) is 2.86. The molecular formula is C7H12N2S. The number of hydrogen-bond acceptors (Lipinski definition) is 3. The van der Waals surface area contributed by atoms with Crippen LogP contribution in [0.15, 0.2) is 4.99 Å². The van der Waals surface area contributed by atoms with E-state index in [1.165, 1.54) is 0 Å². The maximum Gasteiger partial charge on any atom is 0.106 e. The zero-order valence-corrected chi connectivity index (χ0v) is 7.19. The first-order valence-corrected chi connectivity index (χ1v) is 3.93. The number of aliphatic imine (C=N–C) groups is 1. The highest BCUT2D eigenvalue weighted by Crippen LogP contribution is 2.06. The van der Waals surface area contributed by atoms with Gasteiger partial charge in [-0.3, -0.25) is 4.99 Å². The van der Waals surface area contributed by atoms with Crippen molar-refractivity contribution in [2.75, 3.05) is 20.1 Å². The Hall–Kier alpha value is -0.440. The van der Waals surface area contributed by atoms with Crippen LogP contribution in [0.1, 0.15) is 6.92 Å². The molecule has 1 unspecified atom stereocenters. The van der Waals surface area contributed by atoms with Crippen molar-refractivity contribution in [3.8, 4) is 0 Å². The first kappa shape index (κ1) is 7.66. The van der Waals surface area contributed by atoms with Crippen LogP contribution in [-0.2, 0) is 0 Å². The fraction of sp³-hybridized carbons (Fsp3) is 0.714. The molecule has 0 saturated heterocycles. The second-order valence-electron chi connectivity index (χ2n) is 2.59. The van der Waals surface area contributed by atoms with Crippen molar-refractivity contribution in [1.29, 1.82) is 0 Å². The van der Waals surface area contributed by atoms with Gasteiger partial charge in [-0.05, 0) is 5.37 Å². The molecule has 0 amide bonds. The molecule has 0 aromatic rings. The topological polar surface area (TPSA) is 15.6 Å². The average molecular weight is 156 g/mol. The average Bonchev–Trinajstić information content (AvgIpc) is 2.34. The smallest absolute Gasteiger partial charge is 0.106 e. The summed E-state index contributed by atoms with van der Waals surface area (Å²) in [5, 5.41) is 1.76. The predicted octanol–water partition coefficient (Wildman–Crippen LogP) is 0.966. The SMILES string of the molecule is CC(C=S)C1=NCCN1C. The highest BCUT2D eigenvalue weighted by atomic mass is 32.1. The Labute approximate surface area is 66.9 Å². The second kappa shape index (κ2) is 3.10. The summed E-state index contributed by atoms with van der Waals surface area (Å²) in [4.78, 5) is 6.49. The first-order valence-electron chi connectivity index (χ1n) is 3.46. The van der Waals surface area contributed by atoms with E-state index in [1.807, 2.05) is 0 Å². The van der Waals surface area contributed by atoms with Crippen LogP contribution >= 0.6 is 12.2 Å². The van der Waals surface area contributed by atoms with E-state index in [-0.39, 0.29) is 0 Å². The lowest BCUT2D eigenvalue weighted by Gasteiger charge is -2.15. The van der Waals surface area contributed by atoms with Crippen molar-refractivity contribution in [2.24, 2.45) is 10.9 Å². The molecule has 0 aromatic heterocycles. The lowest BCUT2D eigenvalue weighted by Crippen LogP contribution is -2.28. The molecule has 0 aliphatic carbocycles. The zero-order chi connectivity index (χ0) is 7.56. The maximum absolute atomic E-state index is 4.83. The minimum atomic E-state index is 0.336. The van der Waals surface area contributed by atoms with Gasteiger partial charge in [0.2, 0.25) is 0 Å². The molecule has 10 heavy (non-hydrogen) atoms. The number of rotatable bonds is 2. The summed E-state index contributed by atoms with van der Waals surface area (Å²) in [5.74, 6) is 1.47. The highest BCUT2D eigenvalue weighted by Gasteiger charge is 2.16. The third kappa shape index (κ3) is 1.34. The van der Waals surface area contributed by atoms with Crippen molar-refractivity contribution in [3.63, 3.8) is 0 Å². The summed E-state index contributed by atoms with van der Waals surface area (Å²) in [7, 11) is 2.06. The molecule has 0 saturated carbocycles. The van der Waals surface area contributed by atoms with Crippen LogP contribution in [0.4, 0.5) is 0 Å². The summed E-state index contributed by atoms with van der Waals surface area (Å²) in [6.07, 6.45) is 0. The lowest BCUT2D eigenvalue weighted by molar-refractivity contribution is 0.540. The van der Waals surface area contributed by atoms with E-state index in [0.717, 1.165) is 18.9 Å². The third-order valence-electron chi connectivity index (χ3n) is 1.71. The van der Waals surface area contributed by atoms with Gasteiger partial charge >= 0.3 is 0 Å². The van der Waals surface area contributed by atoms with E-state index in [9.17, 15) is 0 Å². The molecule has 0 aromatic carbocycles. The summed E-state index contributed by atoms with van der Waals surface area (Å²) in [6, 6.07) is 0. The highest BCUT2D eigenvalue weighted by molar-refractivity contribution is 7.79. The van der Waals surface area contributed by atoms with E-state index in [0.29, 0.717) is 5.92 Å². The van der Waals surface area contributed by atoms with Crippen LogP contribution in [0.3, 0.4) is 0 Å². The molecule has 1 aliphatic heterocycles. The first-order chi connectivity index (χ1) is 4.75. The Kier molecular flexibility index (Phi) is 2.38. The van der Waals surface area contributed by atoms with E-state index in [1.54, 1.807) is 5.37 Å². The van der Waals surface area contributed by atoms with Gasteiger partial charge in [-0.1, -0.05) is 19.1 Å². The van der Waals surface area contributed by atoms with Crippen LogP contribution in [0.5, 0.6) is 0 Å². The fourth-order valence-electron chi connectivity index (χ4n) is 1.10. The Balaban J connectivity index is 2.62. The molecule has 0 fully saturated rings. The van der Waals surface area contributed by atoms with E-state index >= 15 is 0 Å². The van der Waals surface area contributed by atoms with Gasteiger partial charge < -0.3 is 4.90 Å². The normalized spacial score (nSPS) is 20.6. The fourth-order valence-corrected chi connectivity index (χ4v) is 1.22. The van der Waals surface area contributed by atoms with Crippen LogP contribution in [0.25, 0.3) is 0 Å². The summed E-state index contributed by atoms with van der Waals surface area (Å²) in [6.45, 7) is 4.05. The number of likely N-dealkylation sites (N-methyl/N-ethyl adjacent to an activating group) is 1. The Morgan fingerprint density at radius 2 is 2.50 bits per heavy atom. The Morgan fingerprint density at radius 3 is 2.90 bits per heavy atom. The number of hydrogen-bond donors (Lipinski definition) is 0. The van der Waals surface area contributed by atoms with Gasteiger partial charge in [-0.15, -0.1) is 0 Å². The standard InChI is InChI=1S/C7H12N2S/c1-6(5-10)7-8-3-4-9(7)2/h5-6H,3-4H2,1-2H3. The van der Waals surface area contributed by atoms with Crippen molar-refractivity contribution in [1.82, 2.24) is 4.90 Å². The van der Waals surface area contributed by atoms with Gasteiger partial charge in [0.1, 0.15) is 5.84 Å². The van der Waals surface area contributed by atoms with Crippen LogP contribution in [0.2, 0.25) is 0 Å². The molecular weight excluding hydrogens is 144 g/mol. The third-order valence-corrected chi connectivity index (χ3v) is 2.12. The molecule has 0 bridgehead atoms. The molecule has 0 spiro atoms. The van der Waals surface area contributed by atoms with Crippen molar-refractivity contribution in [2.45, 2.75) is 6.92 Å². The van der Waals surface area contributed by atoms with Crippen molar-refractivity contribution < 1.29 is 0 Å². The summed E-state index contributed by atoms with van der Waals surface area (Å²) < 4.78 is 0. The number of thiocarbonyl (C=S) groups is 1. The molecule has 0 N–H and O–H groups in total. The monoisotopic (exact) mass is 156 g/mol. The van der Waals surface area contributed by atoms with E-state index in [4.69, 9.17) is 12.2 Å². The molecule has 1 rings (SSSR count). The van der Waals surface area contributed by atoms with Gasteiger partial charge in [-0.2, -0.15) is 0 Å². The van der Waals surface area contributed by atoms with Crippen molar-refractivity contribution in [3.05, 3.63) is 0 Å². The quantitative estimate of drug-likeness (QED) is 0.554. The Bertz CT molecular complexity index is 165. The maximum atomic E-state index is 4.83. The minimum absolute atomic E-state index is 0.336. The Morgan fingerprint density at radius 1 is 1.80 bits per heavy atom. The van der Waals surface area contributed by atoms with Gasteiger partial charge in [0.25, 0.3) is 0 Å². The molecule has 1 atom stereocenters. The zero-order valence-electron chi connectivity index (χ0n) is 6.37. The lowest BCUT2D eigenvalue weighted by atomic mass is 10.2. The van der Waals surface area contributed by atoms with Crippen LogP contribution < -0.4 is 0 Å². The molecule has 0 radical (unpaired) electrons. The molecule has 56 valence electrons. The molecule has 1 aliphatic rings. The predicted molar refractivity (Wildman–Crippen MR) is 47.8 cm³/mol.